The Morgan fingerprint density at radius 1 is 0.794 bits per heavy atom. The first-order valence-electron chi connectivity index (χ1n) is 12.4. The number of ether oxygens (including phenoxy) is 2. The highest BCUT2D eigenvalue weighted by Crippen LogP contribution is 2.27. The number of hydrogen-bond donors (Lipinski definition) is 4. The Bertz CT molecular complexity index is 707. The molecule has 1 aliphatic rings. The molecule has 34 heavy (non-hydrogen) atoms. The van der Waals surface area contributed by atoms with Crippen LogP contribution in [0.2, 0.25) is 0 Å². The van der Waals surface area contributed by atoms with E-state index >= 15 is 0 Å². The van der Waals surface area contributed by atoms with Gasteiger partial charge in [0.15, 0.2) is 0 Å². The van der Waals surface area contributed by atoms with Crippen LogP contribution < -0.4 is 10.6 Å². The average molecular weight is 481 g/mol. The fraction of sp³-hybridized carbons (Fsp3) is 0.692. The van der Waals surface area contributed by atoms with Gasteiger partial charge in [0.05, 0.1) is 36.5 Å². The zero-order valence-electron chi connectivity index (χ0n) is 21.5. The van der Waals surface area contributed by atoms with Crippen LogP contribution in [-0.4, -0.2) is 52.8 Å². The van der Waals surface area contributed by atoms with Crippen LogP contribution in [0.1, 0.15) is 85.3 Å². The molecule has 1 fully saturated rings. The summed E-state index contributed by atoms with van der Waals surface area (Å²) in [6, 6.07) is 8.55. The third-order valence-electron chi connectivity index (χ3n) is 5.64. The summed E-state index contributed by atoms with van der Waals surface area (Å²) in [5.74, 6) is 0.318. The first-order valence-corrected chi connectivity index (χ1v) is 12.4. The number of carbonyl (C=O) groups excluding carboxylic acids is 2. The molecule has 2 amide bonds. The molecule has 0 radical (unpaired) electrons. The number of aliphatic hydroxyl groups is 2. The van der Waals surface area contributed by atoms with Gasteiger partial charge in [0.2, 0.25) is 0 Å². The maximum absolute atomic E-state index is 11.4. The Hall–Kier alpha value is -2.32. The van der Waals surface area contributed by atoms with Gasteiger partial charge in [0, 0.05) is 0 Å². The molecule has 1 aliphatic carbocycles. The summed E-state index contributed by atoms with van der Waals surface area (Å²) in [5.41, 5.74) is 0.768. The Kier molecular flexibility index (Phi) is 13.6. The standard InChI is InChI=1S/C13H25NO3.C13H19NO3/c2*1-9(2)17-13(16)14-10(3)12(15)11-7-5-4-6-8-11/h9-12,15H,4-8H2,1-3H3,(H,14,16);4-10,12,15H,1-3H3,(H,14,16)/t2*10-,12?/m00/s1. The van der Waals surface area contributed by atoms with Crippen LogP contribution in [0.3, 0.4) is 0 Å². The number of nitrogens with one attached hydrogen (secondary N) is 2. The summed E-state index contributed by atoms with van der Waals surface area (Å²) < 4.78 is 9.94. The molecule has 1 aromatic carbocycles. The predicted octanol–water partition coefficient (Wildman–Crippen LogP) is 4.69. The van der Waals surface area contributed by atoms with Gasteiger partial charge >= 0.3 is 12.2 Å². The minimum Gasteiger partial charge on any atom is -0.447 e. The third-order valence-corrected chi connectivity index (χ3v) is 5.64. The minimum absolute atomic E-state index is 0.131. The second-order valence-electron chi connectivity index (χ2n) is 9.52. The lowest BCUT2D eigenvalue weighted by molar-refractivity contribution is 0.0482. The van der Waals surface area contributed by atoms with Crippen molar-refractivity contribution in [2.75, 3.05) is 0 Å². The van der Waals surface area contributed by atoms with Crippen molar-refractivity contribution in [1.29, 1.82) is 0 Å². The smallest absolute Gasteiger partial charge is 0.407 e. The second-order valence-corrected chi connectivity index (χ2v) is 9.52. The van der Waals surface area contributed by atoms with Gasteiger partial charge in [-0.2, -0.15) is 0 Å². The van der Waals surface area contributed by atoms with E-state index in [0.717, 1.165) is 18.4 Å². The van der Waals surface area contributed by atoms with Crippen LogP contribution in [0, 0.1) is 5.92 Å². The van der Waals surface area contributed by atoms with E-state index in [1.807, 2.05) is 51.1 Å². The molecule has 4 N–H and O–H groups in total. The van der Waals surface area contributed by atoms with Gasteiger partial charge in [0.25, 0.3) is 0 Å². The largest absolute Gasteiger partial charge is 0.447 e. The van der Waals surface area contributed by atoms with Gasteiger partial charge < -0.3 is 30.3 Å². The van der Waals surface area contributed by atoms with Crippen molar-refractivity contribution in [2.24, 2.45) is 5.92 Å². The quantitative estimate of drug-likeness (QED) is 0.429. The molecule has 0 bridgehead atoms. The molecular weight excluding hydrogens is 436 g/mol. The van der Waals surface area contributed by atoms with Gasteiger partial charge in [-0.1, -0.05) is 49.6 Å². The maximum atomic E-state index is 11.4. The van der Waals surface area contributed by atoms with Crippen molar-refractivity contribution >= 4 is 12.2 Å². The summed E-state index contributed by atoms with van der Waals surface area (Å²) in [5, 5.41) is 25.5. The molecule has 0 heterocycles. The van der Waals surface area contributed by atoms with Crippen LogP contribution in [0.5, 0.6) is 0 Å². The SMILES string of the molecule is CC(C)OC(=O)N[C@@H](C)C(O)C1CCCCC1.CC(C)OC(=O)N[C@@H](C)C(O)c1ccccc1. The van der Waals surface area contributed by atoms with E-state index in [1.165, 1.54) is 19.3 Å². The first kappa shape index (κ1) is 29.7. The molecule has 8 heteroatoms. The maximum Gasteiger partial charge on any atom is 0.407 e. The molecule has 0 spiro atoms. The van der Waals surface area contributed by atoms with Gasteiger partial charge in [0.1, 0.15) is 0 Å². The van der Waals surface area contributed by atoms with Crippen molar-refractivity contribution in [3.63, 3.8) is 0 Å². The molecule has 1 saturated carbocycles. The first-order chi connectivity index (χ1) is 16.0. The highest BCUT2D eigenvalue weighted by molar-refractivity contribution is 5.68. The van der Waals surface area contributed by atoms with E-state index in [0.29, 0.717) is 5.92 Å². The average Bonchev–Trinajstić information content (AvgIpc) is 2.78. The van der Waals surface area contributed by atoms with E-state index in [-0.39, 0.29) is 18.2 Å². The molecule has 8 nitrogen and oxygen atoms in total. The van der Waals surface area contributed by atoms with Gasteiger partial charge in [-0.25, -0.2) is 9.59 Å². The van der Waals surface area contributed by atoms with Crippen molar-refractivity contribution < 1.29 is 29.3 Å². The van der Waals surface area contributed by atoms with Crippen molar-refractivity contribution in [3.8, 4) is 0 Å². The molecule has 2 rings (SSSR count). The van der Waals surface area contributed by atoms with Crippen molar-refractivity contribution in [1.82, 2.24) is 10.6 Å². The zero-order valence-corrected chi connectivity index (χ0v) is 21.5. The number of amides is 2. The van der Waals surface area contributed by atoms with Crippen LogP contribution in [-0.2, 0) is 9.47 Å². The molecular formula is C26H44N2O6. The zero-order chi connectivity index (χ0) is 25.7. The van der Waals surface area contributed by atoms with E-state index in [1.54, 1.807) is 20.8 Å². The lowest BCUT2D eigenvalue weighted by Crippen LogP contribution is -2.45. The second kappa shape index (κ2) is 15.6. The number of rotatable bonds is 8. The predicted molar refractivity (Wildman–Crippen MR) is 132 cm³/mol. The number of hydrogen-bond acceptors (Lipinski definition) is 6. The summed E-state index contributed by atoms with van der Waals surface area (Å²) in [6.45, 7) is 10.7. The fourth-order valence-electron chi connectivity index (χ4n) is 3.86. The van der Waals surface area contributed by atoms with Gasteiger partial charge in [-0.05, 0) is 65.9 Å². The van der Waals surface area contributed by atoms with E-state index in [2.05, 4.69) is 10.6 Å². The Labute approximate surface area is 204 Å². The lowest BCUT2D eigenvalue weighted by Gasteiger charge is -2.30. The normalized spacial score (nSPS) is 17.6. The van der Waals surface area contributed by atoms with Crippen molar-refractivity contribution in [2.45, 2.75) is 110 Å². The number of aliphatic hydroxyl groups excluding tert-OH is 2. The van der Waals surface area contributed by atoms with Crippen LogP contribution in [0.15, 0.2) is 30.3 Å². The summed E-state index contributed by atoms with van der Waals surface area (Å²) >= 11 is 0. The van der Waals surface area contributed by atoms with E-state index < -0.39 is 30.4 Å². The van der Waals surface area contributed by atoms with Crippen molar-refractivity contribution in [3.05, 3.63) is 35.9 Å². The van der Waals surface area contributed by atoms with Gasteiger partial charge in [-0.15, -0.1) is 0 Å². The fourth-order valence-corrected chi connectivity index (χ4v) is 3.86. The van der Waals surface area contributed by atoms with E-state index in [9.17, 15) is 19.8 Å². The number of alkyl carbamates (subject to hydrolysis) is 2. The topological polar surface area (TPSA) is 117 Å². The molecule has 0 aromatic heterocycles. The highest BCUT2D eigenvalue weighted by Gasteiger charge is 2.27. The Morgan fingerprint density at radius 2 is 1.26 bits per heavy atom. The molecule has 4 atom stereocenters. The Balaban J connectivity index is 0.000000340. The molecule has 0 saturated heterocycles. The summed E-state index contributed by atoms with van der Waals surface area (Å²) in [6.07, 6.45) is 3.30. The van der Waals surface area contributed by atoms with Crippen LogP contribution in [0.25, 0.3) is 0 Å². The minimum atomic E-state index is -0.740. The molecule has 194 valence electrons. The molecule has 1 aromatic rings. The van der Waals surface area contributed by atoms with Crippen LogP contribution >= 0.6 is 0 Å². The van der Waals surface area contributed by atoms with Gasteiger partial charge in [-0.3, -0.25) is 0 Å². The number of carbonyl (C=O) groups is 2. The summed E-state index contributed by atoms with van der Waals surface area (Å²) in [7, 11) is 0. The van der Waals surface area contributed by atoms with Crippen LogP contribution in [0.4, 0.5) is 9.59 Å². The lowest BCUT2D eigenvalue weighted by atomic mass is 9.83. The summed E-state index contributed by atoms with van der Waals surface area (Å²) in [4.78, 5) is 22.8. The monoisotopic (exact) mass is 480 g/mol. The molecule has 2 unspecified atom stereocenters. The highest BCUT2D eigenvalue weighted by atomic mass is 16.6. The number of benzene rings is 1. The Morgan fingerprint density at radius 3 is 1.74 bits per heavy atom. The molecule has 0 aliphatic heterocycles. The van der Waals surface area contributed by atoms with E-state index in [4.69, 9.17) is 9.47 Å². The third kappa shape index (κ3) is 11.7.